The van der Waals surface area contributed by atoms with Crippen molar-refractivity contribution in [3.63, 3.8) is 0 Å². The Morgan fingerprint density at radius 1 is 0.745 bits per heavy atom. The zero-order valence-corrected chi connectivity index (χ0v) is 30.5. The number of hydrogen-bond acceptors (Lipinski definition) is 4. The SMILES string of the molecule is C=C(C)[C@@H]1CC[C@]2(C(=O)NCCCCCCCNC(=O)CC(=O)O)CC[C@]3(C)[C@H](CCC4[C@@]5(C)CC[C@H](O)C(C)(C)[C@@H]5CC[C@]43C)[C@@H]12. The lowest BCUT2D eigenvalue weighted by Crippen LogP contribution is -2.67. The molecular formula is C40H66N2O5. The monoisotopic (exact) mass is 654 g/mol. The molecule has 0 aromatic heterocycles. The summed E-state index contributed by atoms with van der Waals surface area (Å²) >= 11 is 0. The van der Waals surface area contributed by atoms with Gasteiger partial charge in [-0.2, -0.15) is 0 Å². The molecule has 266 valence electrons. The van der Waals surface area contributed by atoms with E-state index in [4.69, 9.17) is 5.11 Å². The van der Waals surface area contributed by atoms with Crippen LogP contribution < -0.4 is 10.6 Å². The highest BCUT2D eigenvalue weighted by atomic mass is 16.4. The van der Waals surface area contributed by atoms with E-state index in [-0.39, 0.29) is 33.2 Å². The smallest absolute Gasteiger partial charge is 0.312 e. The molecular weight excluding hydrogens is 588 g/mol. The number of amides is 2. The van der Waals surface area contributed by atoms with Crippen LogP contribution in [0.2, 0.25) is 0 Å². The lowest BCUT2D eigenvalue weighted by Gasteiger charge is -2.72. The minimum Gasteiger partial charge on any atom is -0.481 e. The average molecular weight is 655 g/mol. The summed E-state index contributed by atoms with van der Waals surface area (Å²) in [4.78, 5) is 36.4. The second-order valence-corrected chi connectivity index (χ2v) is 18.2. The number of unbranched alkanes of at least 4 members (excludes halogenated alkanes) is 4. The predicted molar refractivity (Wildman–Crippen MR) is 186 cm³/mol. The Hall–Kier alpha value is -1.89. The van der Waals surface area contributed by atoms with Crippen LogP contribution >= 0.6 is 0 Å². The summed E-state index contributed by atoms with van der Waals surface area (Å²) in [5.41, 5.74) is 1.63. The van der Waals surface area contributed by atoms with Crippen LogP contribution in [0, 0.1) is 56.7 Å². The third-order valence-corrected chi connectivity index (χ3v) is 15.8. The number of aliphatic hydroxyl groups excluding tert-OH is 1. The number of nitrogens with one attached hydrogen (secondary N) is 2. The van der Waals surface area contributed by atoms with Crippen LogP contribution in [0.4, 0.5) is 0 Å². The van der Waals surface area contributed by atoms with Gasteiger partial charge in [0.2, 0.25) is 11.8 Å². The van der Waals surface area contributed by atoms with E-state index >= 15 is 0 Å². The first-order valence-electron chi connectivity index (χ1n) is 19.1. The van der Waals surface area contributed by atoms with E-state index in [0.717, 1.165) is 70.6 Å². The van der Waals surface area contributed by atoms with Crippen molar-refractivity contribution >= 4 is 17.8 Å². The molecule has 5 aliphatic carbocycles. The second-order valence-electron chi connectivity index (χ2n) is 18.2. The van der Waals surface area contributed by atoms with E-state index < -0.39 is 18.3 Å². The van der Waals surface area contributed by atoms with Gasteiger partial charge < -0.3 is 20.8 Å². The number of aliphatic carboxylic acids is 1. The van der Waals surface area contributed by atoms with E-state index in [1.165, 1.54) is 31.3 Å². The molecule has 5 rings (SSSR count). The van der Waals surface area contributed by atoms with Gasteiger partial charge in [-0.05, 0) is 135 Å². The first-order chi connectivity index (χ1) is 22.0. The van der Waals surface area contributed by atoms with Crippen LogP contribution in [0.5, 0.6) is 0 Å². The lowest BCUT2D eigenvalue weighted by atomic mass is 9.32. The number of carboxylic acid groups (broad SMARTS) is 1. The van der Waals surface area contributed by atoms with Crippen molar-refractivity contribution in [2.24, 2.45) is 56.7 Å². The molecule has 0 saturated heterocycles. The summed E-state index contributed by atoms with van der Waals surface area (Å²) in [5.74, 6) is 1.29. The molecule has 1 unspecified atom stereocenters. The number of fused-ring (bicyclic) bond motifs is 7. The highest BCUT2D eigenvalue weighted by molar-refractivity contribution is 5.93. The van der Waals surface area contributed by atoms with Gasteiger partial charge in [-0.3, -0.25) is 14.4 Å². The number of carbonyl (C=O) groups excluding carboxylic acids is 2. The number of carbonyl (C=O) groups is 3. The summed E-state index contributed by atoms with van der Waals surface area (Å²) in [7, 11) is 0. The number of carboxylic acids is 1. The molecule has 0 heterocycles. The molecule has 0 aromatic rings. The molecule has 4 N–H and O–H groups in total. The quantitative estimate of drug-likeness (QED) is 0.0980. The van der Waals surface area contributed by atoms with Gasteiger partial charge in [-0.1, -0.05) is 66.0 Å². The summed E-state index contributed by atoms with van der Waals surface area (Å²) in [6.07, 6.45) is 15.3. The van der Waals surface area contributed by atoms with Crippen LogP contribution in [-0.2, 0) is 14.4 Å². The van der Waals surface area contributed by atoms with Crippen LogP contribution in [0.25, 0.3) is 0 Å². The molecule has 0 aliphatic heterocycles. The van der Waals surface area contributed by atoms with Crippen LogP contribution in [0.15, 0.2) is 12.2 Å². The zero-order valence-electron chi connectivity index (χ0n) is 30.5. The number of allylic oxidation sites excluding steroid dienone is 1. The van der Waals surface area contributed by atoms with E-state index in [2.05, 4.69) is 58.8 Å². The van der Waals surface area contributed by atoms with Crippen molar-refractivity contribution in [3.05, 3.63) is 12.2 Å². The molecule has 0 aromatic carbocycles. The Bertz CT molecular complexity index is 1210. The normalized spacial score (nSPS) is 41.9. The molecule has 5 aliphatic rings. The van der Waals surface area contributed by atoms with Crippen molar-refractivity contribution in [2.75, 3.05) is 13.1 Å². The van der Waals surface area contributed by atoms with Crippen molar-refractivity contribution in [1.29, 1.82) is 0 Å². The topological polar surface area (TPSA) is 116 Å². The van der Waals surface area contributed by atoms with E-state index in [9.17, 15) is 19.5 Å². The second kappa shape index (κ2) is 13.4. The van der Waals surface area contributed by atoms with Gasteiger partial charge in [0, 0.05) is 13.1 Å². The van der Waals surface area contributed by atoms with Gasteiger partial charge in [-0.25, -0.2) is 0 Å². The molecule has 5 fully saturated rings. The van der Waals surface area contributed by atoms with Crippen LogP contribution in [-0.4, -0.2) is 47.2 Å². The summed E-state index contributed by atoms with van der Waals surface area (Å²) in [5, 5.41) is 25.8. The van der Waals surface area contributed by atoms with Crippen molar-refractivity contribution < 1.29 is 24.6 Å². The number of rotatable bonds is 12. The standard InChI is InChI=1S/C40H66N2O5/c1-26(2)27-15-20-40(35(47)42-24-12-10-8-9-11-23-41-32(44)25-33(45)46)22-21-38(6)28(34(27)40)13-14-30-37(5)18-17-31(43)36(3,4)29(37)16-19-39(30,38)7/h27-31,34,43H,1,8-25H2,2-7H3,(H,41,44)(H,42,47)(H,45,46)/t27-,28+,29-,30?,31-,34+,37-,38+,39+,40-/m0/s1. The Morgan fingerprint density at radius 3 is 2.06 bits per heavy atom. The number of hydrogen-bond donors (Lipinski definition) is 4. The molecule has 5 saturated carbocycles. The maximum atomic E-state index is 14.3. The zero-order chi connectivity index (χ0) is 34.4. The highest BCUT2D eigenvalue weighted by Gasteiger charge is 2.71. The van der Waals surface area contributed by atoms with Crippen molar-refractivity contribution in [2.45, 2.75) is 150 Å². The first kappa shape index (κ1) is 36.4. The summed E-state index contributed by atoms with van der Waals surface area (Å²) in [6, 6.07) is 0. The summed E-state index contributed by atoms with van der Waals surface area (Å²) < 4.78 is 0. The molecule has 0 bridgehead atoms. The van der Waals surface area contributed by atoms with Crippen LogP contribution in [0.3, 0.4) is 0 Å². The predicted octanol–water partition coefficient (Wildman–Crippen LogP) is 7.66. The van der Waals surface area contributed by atoms with Gasteiger partial charge in [0.1, 0.15) is 6.42 Å². The summed E-state index contributed by atoms with van der Waals surface area (Å²) in [6.45, 7) is 20.4. The molecule has 47 heavy (non-hydrogen) atoms. The molecule has 10 atom stereocenters. The van der Waals surface area contributed by atoms with Gasteiger partial charge >= 0.3 is 5.97 Å². The van der Waals surface area contributed by atoms with E-state index in [0.29, 0.717) is 48.6 Å². The molecule has 0 spiro atoms. The largest absolute Gasteiger partial charge is 0.481 e. The third-order valence-electron chi connectivity index (χ3n) is 15.8. The van der Waals surface area contributed by atoms with Gasteiger partial charge in [0.25, 0.3) is 0 Å². The first-order valence-corrected chi connectivity index (χ1v) is 19.1. The fraction of sp³-hybridized carbons (Fsp3) is 0.875. The lowest BCUT2D eigenvalue weighted by molar-refractivity contribution is -0.246. The minimum atomic E-state index is -1.10. The maximum absolute atomic E-state index is 14.3. The highest BCUT2D eigenvalue weighted by Crippen LogP contribution is 2.77. The van der Waals surface area contributed by atoms with Gasteiger partial charge in [-0.15, -0.1) is 0 Å². The fourth-order valence-corrected chi connectivity index (χ4v) is 13.1. The Kier molecular flexibility index (Phi) is 10.4. The van der Waals surface area contributed by atoms with Gasteiger partial charge in [0.15, 0.2) is 0 Å². The average Bonchev–Trinajstić information content (AvgIpc) is 3.40. The fourth-order valence-electron chi connectivity index (χ4n) is 13.1. The Labute approximate surface area is 284 Å². The van der Waals surface area contributed by atoms with Crippen LogP contribution in [0.1, 0.15) is 144 Å². The van der Waals surface area contributed by atoms with Crippen molar-refractivity contribution in [1.82, 2.24) is 10.6 Å². The molecule has 0 radical (unpaired) electrons. The number of aliphatic hydroxyl groups is 1. The van der Waals surface area contributed by atoms with Gasteiger partial charge in [0.05, 0.1) is 11.5 Å². The van der Waals surface area contributed by atoms with E-state index in [1.54, 1.807) is 0 Å². The van der Waals surface area contributed by atoms with Crippen molar-refractivity contribution in [3.8, 4) is 0 Å². The Balaban J connectivity index is 1.23. The third kappa shape index (κ3) is 6.11. The molecule has 7 nitrogen and oxygen atoms in total. The molecule has 2 amide bonds. The minimum absolute atomic E-state index is 0.0383. The molecule has 7 heteroatoms. The van der Waals surface area contributed by atoms with E-state index in [1.807, 2.05) is 0 Å². The maximum Gasteiger partial charge on any atom is 0.312 e. The Morgan fingerprint density at radius 2 is 1.40 bits per heavy atom.